The van der Waals surface area contributed by atoms with Gasteiger partial charge in [0.05, 0.1) is 13.0 Å². The van der Waals surface area contributed by atoms with Gasteiger partial charge < -0.3 is 10.5 Å². The van der Waals surface area contributed by atoms with E-state index >= 15 is 0 Å². The summed E-state index contributed by atoms with van der Waals surface area (Å²) in [6.07, 6.45) is 0.649. The monoisotopic (exact) mass is 207 g/mol. The molecule has 0 spiro atoms. The number of esters is 1. The van der Waals surface area contributed by atoms with Gasteiger partial charge in [-0.25, -0.2) is 0 Å². The molecule has 1 aromatic carbocycles. The lowest BCUT2D eigenvalue weighted by atomic mass is 9.96. The van der Waals surface area contributed by atoms with Gasteiger partial charge in [-0.2, -0.15) is 0 Å². The molecule has 0 saturated carbocycles. The Morgan fingerprint density at radius 3 is 2.67 bits per heavy atom. The predicted molar refractivity (Wildman–Crippen MR) is 59.4 cm³/mol. The van der Waals surface area contributed by atoms with E-state index in [2.05, 4.69) is 0 Å². The van der Waals surface area contributed by atoms with Crippen LogP contribution in [-0.2, 0) is 16.0 Å². The molecule has 0 aliphatic heterocycles. The van der Waals surface area contributed by atoms with E-state index in [9.17, 15) is 4.79 Å². The Kier molecular flexibility index (Phi) is 4.31. The van der Waals surface area contributed by atoms with Gasteiger partial charge in [0.25, 0.3) is 0 Å². The van der Waals surface area contributed by atoms with Crippen molar-refractivity contribution in [3.63, 3.8) is 0 Å². The van der Waals surface area contributed by atoms with Crippen molar-refractivity contribution in [2.75, 3.05) is 13.7 Å². The second-order valence-corrected chi connectivity index (χ2v) is 3.59. The van der Waals surface area contributed by atoms with Gasteiger partial charge >= 0.3 is 5.97 Å². The largest absolute Gasteiger partial charge is 0.469 e. The first kappa shape index (κ1) is 11.7. The Balaban J connectivity index is 2.75. The predicted octanol–water partition coefficient (Wildman–Crippen LogP) is 1.29. The third-order valence-corrected chi connectivity index (χ3v) is 2.55. The van der Waals surface area contributed by atoms with E-state index in [-0.39, 0.29) is 11.9 Å². The molecule has 0 aromatic heterocycles. The van der Waals surface area contributed by atoms with Crippen LogP contribution in [0.2, 0.25) is 0 Å². The van der Waals surface area contributed by atoms with Crippen LogP contribution in [0.15, 0.2) is 24.3 Å². The molecule has 82 valence electrons. The van der Waals surface area contributed by atoms with Crippen molar-refractivity contribution in [3.05, 3.63) is 35.4 Å². The number of carbonyl (C=O) groups is 1. The molecule has 0 amide bonds. The fourth-order valence-electron chi connectivity index (χ4n) is 1.53. The molecule has 3 heteroatoms. The molecule has 0 saturated heterocycles. The second-order valence-electron chi connectivity index (χ2n) is 3.59. The highest BCUT2D eigenvalue weighted by Gasteiger charge is 2.18. The summed E-state index contributed by atoms with van der Waals surface area (Å²) in [4.78, 5) is 11.4. The maximum atomic E-state index is 11.4. The minimum absolute atomic E-state index is 0.235. The van der Waals surface area contributed by atoms with Crippen LogP contribution >= 0.6 is 0 Å². The number of ether oxygens (including phenoxy) is 1. The van der Waals surface area contributed by atoms with Crippen LogP contribution in [0.5, 0.6) is 0 Å². The van der Waals surface area contributed by atoms with Crippen molar-refractivity contribution in [2.24, 2.45) is 11.7 Å². The number of nitrogens with two attached hydrogens (primary N) is 1. The number of carbonyl (C=O) groups excluding carboxylic acids is 1. The van der Waals surface area contributed by atoms with Crippen LogP contribution in [-0.4, -0.2) is 19.6 Å². The zero-order valence-electron chi connectivity index (χ0n) is 9.19. The molecule has 0 fully saturated rings. The van der Waals surface area contributed by atoms with E-state index < -0.39 is 0 Å². The molecule has 0 bridgehead atoms. The topological polar surface area (TPSA) is 52.3 Å². The fraction of sp³-hybridized carbons (Fsp3) is 0.417. The molecular formula is C12H17NO2. The van der Waals surface area contributed by atoms with E-state index in [0.29, 0.717) is 13.0 Å². The molecule has 15 heavy (non-hydrogen) atoms. The van der Waals surface area contributed by atoms with Gasteiger partial charge in [0.15, 0.2) is 0 Å². The van der Waals surface area contributed by atoms with Crippen LogP contribution < -0.4 is 5.73 Å². The summed E-state index contributed by atoms with van der Waals surface area (Å²) in [5.74, 6) is -0.475. The standard InChI is InChI=1S/C12H17NO2/c1-9-5-3-4-6-10(9)7-11(8-13)12(14)15-2/h3-6,11H,7-8,13H2,1-2H3/t11-/m0/s1. The Morgan fingerprint density at radius 1 is 1.47 bits per heavy atom. The number of rotatable bonds is 4. The molecule has 1 rings (SSSR count). The highest BCUT2D eigenvalue weighted by Crippen LogP contribution is 2.13. The highest BCUT2D eigenvalue weighted by atomic mass is 16.5. The third-order valence-electron chi connectivity index (χ3n) is 2.55. The van der Waals surface area contributed by atoms with Crippen molar-refractivity contribution in [1.29, 1.82) is 0 Å². The molecule has 0 radical (unpaired) electrons. The molecular weight excluding hydrogens is 190 g/mol. The normalized spacial score (nSPS) is 12.2. The Morgan fingerprint density at radius 2 is 2.13 bits per heavy atom. The van der Waals surface area contributed by atoms with Crippen molar-refractivity contribution in [2.45, 2.75) is 13.3 Å². The van der Waals surface area contributed by atoms with Gasteiger partial charge in [-0.15, -0.1) is 0 Å². The molecule has 0 aliphatic rings. The summed E-state index contributed by atoms with van der Waals surface area (Å²) in [5.41, 5.74) is 7.88. The summed E-state index contributed by atoms with van der Waals surface area (Å²) < 4.78 is 4.70. The maximum Gasteiger partial charge on any atom is 0.310 e. The number of methoxy groups -OCH3 is 1. The fourth-order valence-corrected chi connectivity index (χ4v) is 1.53. The lowest BCUT2D eigenvalue weighted by molar-refractivity contribution is -0.145. The van der Waals surface area contributed by atoms with Crippen molar-refractivity contribution in [1.82, 2.24) is 0 Å². The Hall–Kier alpha value is -1.35. The van der Waals surface area contributed by atoms with E-state index in [0.717, 1.165) is 5.56 Å². The van der Waals surface area contributed by atoms with Gasteiger partial charge in [-0.05, 0) is 24.5 Å². The molecule has 0 aliphatic carbocycles. The lowest BCUT2D eigenvalue weighted by Gasteiger charge is -2.13. The highest BCUT2D eigenvalue weighted by molar-refractivity contribution is 5.73. The number of aryl methyl sites for hydroxylation is 1. The average molecular weight is 207 g/mol. The summed E-state index contributed by atoms with van der Waals surface area (Å²) in [5, 5.41) is 0. The minimum atomic E-state index is -0.240. The summed E-state index contributed by atoms with van der Waals surface area (Å²) >= 11 is 0. The van der Waals surface area contributed by atoms with E-state index in [1.54, 1.807) is 0 Å². The molecule has 1 aromatic rings. The first-order valence-electron chi connectivity index (χ1n) is 5.01. The van der Waals surface area contributed by atoms with Gasteiger partial charge in [-0.1, -0.05) is 24.3 Å². The summed E-state index contributed by atoms with van der Waals surface area (Å²) in [6.45, 7) is 2.35. The van der Waals surface area contributed by atoms with Crippen LogP contribution in [0.4, 0.5) is 0 Å². The first-order valence-corrected chi connectivity index (χ1v) is 5.01. The zero-order valence-corrected chi connectivity index (χ0v) is 9.19. The van der Waals surface area contributed by atoms with Crippen LogP contribution in [0, 0.1) is 12.8 Å². The first-order chi connectivity index (χ1) is 7.19. The Bertz CT molecular complexity index is 336. The van der Waals surface area contributed by atoms with Gasteiger partial charge in [0.1, 0.15) is 0 Å². The SMILES string of the molecule is COC(=O)[C@H](CN)Cc1ccccc1C. The van der Waals surface area contributed by atoms with Crippen LogP contribution in [0.1, 0.15) is 11.1 Å². The van der Waals surface area contributed by atoms with Gasteiger partial charge in [0, 0.05) is 6.54 Å². The number of hydrogen-bond acceptors (Lipinski definition) is 3. The quantitative estimate of drug-likeness (QED) is 0.757. The van der Waals surface area contributed by atoms with Crippen LogP contribution in [0.3, 0.4) is 0 Å². The van der Waals surface area contributed by atoms with E-state index in [1.807, 2.05) is 31.2 Å². The van der Waals surface area contributed by atoms with Gasteiger partial charge in [0.2, 0.25) is 0 Å². The molecule has 2 N–H and O–H groups in total. The van der Waals surface area contributed by atoms with Gasteiger partial charge in [-0.3, -0.25) is 4.79 Å². The molecule has 1 atom stereocenters. The minimum Gasteiger partial charge on any atom is -0.469 e. The van der Waals surface area contributed by atoms with Crippen LogP contribution in [0.25, 0.3) is 0 Å². The van der Waals surface area contributed by atoms with Crippen molar-refractivity contribution in [3.8, 4) is 0 Å². The van der Waals surface area contributed by atoms with E-state index in [1.165, 1.54) is 12.7 Å². The molecule has 3 nitrogen and oxygen atoms in total. The lowest BCUT2D eigenvalue weighted by Crippen LogP contribution is -2.27. The average Bonchev–Trinajstić information content (AvgIpc) is 2.27. The Labute approximate surface area is 90.2 Å². The zero-order chi connectivity index (χ0) is 11.3. The molecule has 0 heterocycles. The summed E-state index contributed by atoms with van der Waals surface area (Å²) in [6, 6.07) is 7.99. The van der Waals surface area contributed by atoms with Crippen molar-refractivity contribution >= 4 is 5.97 Å². The summed E-state index contributed by atoms with van der Waals surface area (Å²) in [7, 11) is 1.39. The van der Waals surface area contributed by atoms with Crippen molar-refractivity contribution < 1.29 is 9.53 Å². The maximum absolute atomic E-state index is 11.4. The number of hydrogen-bond donors (Lipinski definition) is 1. The van der Waals surface area contributed by atoms with E-state index in [4.69, 9.17) is 10.5 Å². The second kappa shape index (κ2) is 5.51. The molecule has 0 unspecified atom stereocenters. The third kappa shape index (κ3) is 3.06. The number of benzene rings is 1. The smallest absolute Gasteiger partial charge is 0.310 e.